The molecule has 1 aromatic rings. The summed E-state index contributed by atoms with van der Waals surface area (Å²) in [5.74, 6) is -0.556. The van der Waals surface area contributed by atoms with Crippen LogP contribution in [0.1, 0.15) is 12.8 Å². The molecule has 1 aliphatic heterocycles. The number of benzene rings is 1. The van der Waals surface area contributed by atoms with Crippen LogP contribution in [0.25, 0.3) is 0 Å². The van der Waals surface area contributed by atoms with Crippen molar-refractivity contribution in [3.8, 4) is 0 Å². The number of hydrogen-bond acceptors (Lipinski definition) is 2. The molecule has 0 saturated carbocycles. The van der Waals surface area contributed by atoms with Gasteiger partial charge in [-0.1, -0.05) is 23.2 Å². The Bertz CT molecular complexity index is 430. The lowest BCUT2D eigenvalue weighted by atomic mass is 10.2. The number of hydrogen-bond donors (Lipinski definition) is 2. The first-order chi connectivity index (χ1) is 8.06. The van der Waals surface area contributed by atoms with Crippen molar-refractivity contribution in [2.24, 2.45) is 0 Å². The van der Waals surface area contributed by atoms with Gasteiger partial charge < -0.3 is 10.6 Å². The summed E-state index contributed by atoms with van der Waals surface area (Å²) in [6.45, 7) is 0.573. The smallest absolute Gasteiger partial charge is 0.220 e. The average molecular weight is 277 g/mol. The number of carbonyl (C=O) groups is 1. The van der Waals surface area contributed by atoms with Crippen LogP contribution in [0.5, 0.6) is 0 Å². The van der Waals surface area contributed by atoms with Crippen LogP contribution in [0.3, 0.4) is 0 Å². The van der Waals surface area contributed by atoms with Crippen molar-refractivity contribution in [3.05, 3.63) is 28.0 Å². The van der Waals surface area contributed by atoms with Gasteiger partial charge in [0.2, 0.25) is 5.91 Å². The highest BCUT2D eigenvalue weighted by molar-refractivity contribution is 6.35. The standard InChI is InChI=1S/C11H11Cl2FN2O/c12-8-3-7(4-9(13)11(8)14)15-5-6-1-2-10(17)16-6/h3-4,6,15H,1-2,5H2,(H,16,17). The van der Waals surface area contributed by atoms with Gasteiger partial charge >= 0.3 is 0 Å². The highest BCUT2D eigenvalue weighted by Gasteiger charge is 2.20. The molecule has 2 rings (SSSR count). The van der Waals surface area contributed by atoms with Crippen LogP contribution in [0, 0.1) is 5.82 Å². The number of anilines is 1. The molecule has 1 fully saturated rings. The Labute approximate surface area is 108 Å². The largest absolute Gasteiger partial charge is 0.383 e. The summed E-state index contributed by atoms with van der Waals surface area (Å²) in [6.07, 6.45) is 1.35. The summed E-state index contributed by atoms with van der Waals surface area (Å²) in [7, 11) is 0. The van der Waals surface area contributed by atoms with E-state index in [4.69, 9.17) is 23.2 Å². The molecule has 92 valence electrons. The van der Waals surface area contributed by atoms with Gasteiger partial charge in [0.05, 0.1) is 10.0 Å². The fourth-order valence-electron chi connectivity index (χ4n) is 1.73. The molecule has 0 bridgehead atoms. The number of halogens is 3. The first kappa shape index (κ1) is 12.5. The molecule has 0 spiro atoms. The van der Waals surface area contributed by atoms with Gasteiger partial charge in [-0.25, -0.2) is 4.39 Å². The number of carbonyl (C=O) groups excluding carboxylic acids is 1. The zero-order valence-corrected chi connectivity index (χ0v) is 10.4. The van der Waals surface area contributed by atoms with Gasteiger partial charge in [-0.05, 0) is 18.6 Å². The van der Waals surface area contributed by atoms with Crippen molar-refractivity contribution in [2.75, 3.05) is 11.9 Å². The summed E-state index contributed by atoms with van der Waals surface area (Å²) in [5.41, 5.74) is 0.641. The third-order valence-electron chi connectivity index (χ3n) is 2.62. The summed E-state index contributed by atoms with van der Waals surface area (Å²) in [4.78, 5) is 11.0. The maximum absolute atomic E-state index is 13.2. The van der Waals surface area contributed by atoms with E-state index in [2.05, 4.69) is 10.6 Å². The van der Waals surface area contributed by atoms with Gasteiger partial charge in [-0.15, -0.1) is 0 Å². The Morgan fingerprint density at radius 1 is 1.41 bits per heavy atom. The highest BCUT2D eigenvalue weighted by atomic mass is 35.5. The Morgan fingerprint density at radius 2 is 2.06 bits per heavy atom. The molecule has 1 unspecified atom stereocenters. The van der Waals surface area contributed by atoms with E-state index in [1.807, 2.05) is 0 Å². The molecule has 2 N–H and O–H groups in total. The Morgan fingerprint density at radius 3 is 2.59 bits per heavy atom. The Hall–Kier alpha value is -1.00. The molecule has 6 heteroatoms. The van der Waals surface area contributed by atoms with Crippen LogP contribution in [0.2, 0.25) is 10.0 Å². The molecule has 1 aromatic carbocycles. The maximum Gasteiger partial charge on any atom is 0.220 e. The lowest BCUT2D eigenvalue weighted by molar-refractivity contribution is -0.119. The van der Waals surface area contributed by atoms with Crippen LogP contribution < -0.4 is 10.6 Å². The second-order valence-electron chi connectivity index (χ2n) is 3.94. The van der Waals surface area contributed by atoms with Crippen molar-refractivity contribution in [1.82, 2.24) is 5.32 Å². The van der Waals surface area contributed by atoms with Gasteiger partial charge in [0, 0.05) is 24.7 Å². The van der Waals surface area contributed by atoms with Gasteiger partial charge in [-0.2, -0.15) is 0 Å². The van der Waals surface area contributed by atoms with Gasteiger partial charge in [0.15, 0.2) is 5.82 Å². The van der Waals surface area contributed by atoms with Gasteiger partial charge in [0.25, 0.3) is 0 Å². The van der Waals surface area contributed by atoms with E-state index in [1.165, 1.54) is 12.1 Å². The molecule has 1 saturated heterocycles. The predicted octanol–water partition coefficient (Wildman–Crippen LogP) is 2.82. The highest BCUT2D eigenvalue weighted by Crippen LogP contribution is 2.27. The first-order valence-corrected chi connectivity index (χ1v) is 5.99. The number of rotatable bonds is 3. The fraction of sp³-hybridized carbons (Fsp3) is 0.364. The molecule has 1 amide bonds. The second kappa shape index (κ2) is 5.10. The van der Waals surface area contributed by atoms with Crippen LogP contribution in [-0.2, 0) is 4.79 Å². The van der Waals surface area contributed by atoms with E-state index in [-0.39, 0.29) is 22.0 Å². The van der Waals surface area contributed by atoms with E-state index in [0.717, 1.165) is 6.42 Å². The summed E-state index contributed by atoms with van der Waals surface area (Å²) >= 11 is 11.3. The summed E-state index contributed by atoms with van der Waals surface area (Å²) < 4.78 is 13.2. The first-order valence-electron chi connectivity index (χ1n) is 5.24. The molecule has 3 nitrogen and oxygen atoms in total. The molecule has 0 aliphatic carbocycles. The maximum atomic E-state index is 13.2. The van der Waals surface area contributed by atoms with Crippen molar-refractivity contribution in [3.63, 3.8) is 0 Å². The topological polar surface area (TPSA) is 41.1 Å². The molecule has 1 heterocycles. The normalized spacial score (nSPS) is 19.2. The molecular weight excluding hydrogens is 266 g/mol. The number of nitrogens with one attached hydrogen (secondary N) is 2. The molecule has 1 atom stereocenters. The van der Waals surface area contributed by atoms with E-state index in [1.54, 1.807) is 0 Å². The second-order valence-corrected chi connectivity index (χ2v) is 4.75. The van der Waals surface area contributed by atoms with E-state index >= 15 is 0 Å². The molecular formula is C11H11Cl2FN2O. The minimum Gasteiger partial charge on any atom is -0.383 e. The molecule has 17 heavy (non-hydrogen) atoms. The molecule has 0 aromatic heterocycles. The van der Waals surface area contributed by atoms with Crippen molar-refractivity contribution in [1.29, 1.82) is 0 Å². The van der Waals surface area contributed by atoms with Crippen molar-refractivity contribution in [2.45, 2.75) is 18.9 Å². The number of amides is 1. The fourth-order valence-corrected chi connectivity index (χ4v) is 2.22. The molecule has 0 radical (unpaired) electrons. The van der Waals surface area contributed by atoms with Crippen LogP contribution in [-0.4, -0.2) is 18.5 Å². The minimum atomic E-state index is -0.618. The summed E-state index contributed by atoms with van der Waals surface area (Å²) in [6, 6.07) is 3.05. The van der Waals surface area contributed by atoms with Crippen LogP contribution >= 0.6 is 23.2 Å². The zero-order chi connectivity index (χ0) is 12.4. The van der Waals surface area contributed by atoms with Gasteiger partial charge in [-0.3, -0.25) is 4.79 Å². The SMILES string of the molecule is O=C1CCC(CNc2cc(Cl)c(F)c(Cl)c2)N1. The Kier molecular flexibility index (Phi) is 3.74. The van der Waals surface area contributed by atoms with Crippen molar-refractivity contribution < 1.29 is 9.18 Å². The predicted molar refractivity (Wildman–Crippen MR) is 66.1 cm³/mol. The minimum absolute atomic E-state index is 0.0181. The lowest BCUT2D eigenvalue weighted by Gasteiger charge is -2.13. The monoisotopic (exact) mass is 276 g/mol. The van der Waals surface area contributed by atoms with E-state index in [9.17, 15) is 9.18 Å². The van der Waals surface area contributed by atoms with E-state index in [0.29, 0.717) is 18.7 Å². The third-order valence-corrected chi connectivity index (χ3v) is 3.17. The van der Waals surface area contributed by atoms with Crippen molar-refractivity contribution >= 4 is 34.8 Å². The Balaban J connectivity index is 1.97. The van der Waals surface area contributed by atoms with Crippen LogP contribution in [0.15, 0.2) is 12.1 Å². The molecule has 1 aliphatic rings. The van der Waals surface area contributed by atoms with E-state index < -0.39 is 5.82 Å². The summed E-state index contributed by atoms with van der Waals surface area (Å²) in [5, 5.41) is 5.85. The van der Waals surface area contributed by atoms with Gasteiger partial charge in [0.1, 0.15) is 0 Å². The van der Waals surface area contributed by atoms with Crippen LogP contribution in [0.4, 0.5) is 10.1 Å². The lowest BCUT2D eigenvalue weighted by Crippen LogP contribution is -2.31. The zero-order valence-electron chi connectivity index (χ0n) is 8.90. The quantitative estimate of drug-likeness (QED) is 0.834. The third kappa shape index (κ3) is 3.01. The average Bonchev–Trinajstić information content (AvgIpc) is 2.69.